The van der Waals surface area contributed by atoms with Gasteiger partial charge in [0.2, 0.25) is 0 Å². The molecule has 0 radical (unpaired) electrons. The predicted molar refractivity (Wildman–Crippen MR) is 65.0 cm³/mol. The molecule has 1 saturated carbocycles. The number of carbonyl (C=O) groups is 1. The molecule has 0 atom stereocenters. The van der Waals surface area contributed by atoms with Crippen LogP contribution < -0.4 is 0 Å². The van der Waals surface area contributed by atoms with Crippen LogP contribution in [0.5, 0.6) is 5.75 Å². The Morgan fingerprint density at radius 2 is 1.76 bits per heavy atom. The largest absolute Gasteiger partial charge is 0.507 e. The van der Waals surface area contributed by atoms with Gasteiger partial charge in [-0.3, -0.25) is 0 Å². The third-order valence-electron chi connectivity index (χ3n) is 3.20. The zero-order chi connectivity index (χ0) is 12.1. The molecule has 3 nitrogen and oxygen atoms in total. The summed E-state index contributed by atoms with van der Waals surface area (Å²) in [5.74, 6) is -0.416. The Hall–Kier alpha value is -1.51. The molecule has 1 fully saturated rings. The maximum Gasteiger partial charge on any atom is 0.342 e. The topological polar surface area (TPSA) is 46.5 Å². The summed E-state index contributed by atoms with van der Waals surface area (Å²) in [6, 6.07) is 6.51. The summed E-state index contributed by atoms with van der Waals surface area (Å²) in [6.07, 6.45) is 6.61. The van der Waals surface area contributed by atoms with Crippen molar-refractivity contribution in [2.24, 2.45) is 0 Å². The molecule has 0 amide bonds. The summed E-state index contributed by atoms with van der Waals surface area (Å²) in [6.45, 7) is 0. The van der Waals surface area contributed by atoms with Crippen LogP contribution in [0.1, 0.15) is 48.9 Å². The monoisotopic (exact) mass is 234 g/mol. The molecule has 92 valence electrons. The molecular formula is C14H18O3. The van der Waals surface area contributed by atoms with Crippen LogP contribution in [0.4, 0.5) is 0 Å². The van der Waals surface area contributed by atoms with E-state index in [4.69, 9.17) is 4.74 Å². The summed E-state index contributed by atoms with van der Waals surface area (Å²) in [5, 5.41) is 9.57. The number of phenolic OH excluding ortho intramolecular Hbond substituents is 1. The molecule has 0 saturated heterocycles. The summed E-state index contributed by atoms with van der Waals surface area (Å²) in [7, 11) is 0. The second kappa shape index (κ2) is 5.71. The van der Waals surface area contributed by atoms with Crippen molar-refractivity contribution < 1.29 is 14.6 Å². The molecule has 2 rings (SSSR count). The van der Waals surface area contributed by atoms with Crippen molar-refractivity contribution in [3.05, 3.63) is 29.8 Å². The first-order chi connectivity index (χ1) is 8.27. The van der Waals surface area contributed by atoms with Gasteiger partial charge in [-0.15, -0.1) is 0 Å². The number of para-hydroxylation sites is 1. The van der Waals surface area contributed by atoms with Gasteiger partial charge in [-0.25, -0.2) is 4.79 Å². The van der Waals surface area contributed by atoms with E-state index in [1.54, 1.807) is 18.2 Å². The first-order valence-corrected chi connectivity index (χ1v) is 6.26. The summed E-state index contributed by atoms with van der Waals surface area (Å²) >= 11 is 0. The predicted octanol–water partition coefficient (Wildman–Crippen LogP) is 3.27. The average molecular weight is 234 g/mol. The highest BCUT2D eigenvalue weighted by molar-refractivity contribution is 5.92. The molecule has 0 spiro atoms. The van der Waals surface area contributed by atoms with Crippen molar-refractivity contribution in [2.75, 3.05) is 0 Å². The molecule has 17 heavy (non-hydrogen) atoms. The van der Waals surface area contributed by atoms with Gasteiger partial charge in [0.25, 0.3) is 0 Å². The Morgan fingerprint density at radius 3 is 2.41 bits per heavy atom. The molecule has 1 aromatic rings. The summed E-state index contributed by atoms with van der Waals surface area (Å²) < 4.78 is 5.44. The number of hydrogen-bond acceptors (Lipinski definition) is 3. The highest BCUT2D eigenvalue weighted by Gasteiger charge is 2.19. The molecule has 0 aromatic heterocycles. The van der Waals surface area contributed by atoms with Crippen LogP contribution in [0.15, 0.2) is 24.3 Å². The summed E-state index contributed by atoms with van der Waals surface area (Å²) in [4.78, 5) is 11.9. The SMILES string of the molecule is O=C(OC1CCCCCC1)c1ccccc1O. The van der Waals surface area contributed by atoms with Gasteiger partial charge in [-0.2, -0.15) is 0 Å². The van der Waals surface area contributed by atoms with Crippen molar-refractivity contribution in [1.82, 2.24) is 0 Å². The van der Waals surface area contributed by atoms with Crippen LogP contribution in [0, 0.1) is 0 Å². The van der Waals surface area contributed by atoms with Gasteiger partial charge in [0.05, 0.1) is 0 Å². The second-order valence-electron chi connectivity index (χ2n) is 4.54. The van der Waals surface area contributed by atoms with Crippen LogP contribution in [0.2, 0.25) is 0 Å². The third-order valence-corrected chi connectivity index (χ3v) is 3.20. The Balaban J connectivity index is 1.98. The third kappa shape index (κ3) is 3.22. The molecule has 0 unspecified atom stereocenters. The number of ether oxygens (including phenoxy) is 1. The number of benzene rings is 1. The lowest BCUT2D eigenvalue weighted by Crippen LogP contribution is -2.17. The summed E-state index contributed by atoms with van der Waals surface area (Å²) in [5.41, 5.74) is 0.261. The van der Waals surface area contributed by atoms with E-state index in [-0.39, 0.29) is 17.4 Å². The van der Waals surface area contributed by atoms with Crippen molar-refractivity contribution >= 4 is 5.97 Å². The maximum atomic E-state index is 11.9. The van der Waals surface area contributed by atoms with E-state index in [1.807, 2.05) is 0 Å². The van der Waals surface area contributed by atoms with E-state index in [0.717, 1.165) is 25.7 Å². The van der Waals surface area contributed by atoms with Crippen molar-refractivity contribution in [2.45, 2.75) is 44.6 Å². The van der Waals surface area contributed by atoms with Gasteiger partial charge in [0.1, 0.15) is 17.4 Å². The van der Waals surface area contributed by atoms with Gasteiger partial charge in [-0.1, -0.05) is 25.0 Å². The maximum absolute atomic E-state index is 11.9. The number of carbonyl (C=O) groups excluding carboxylic acids is 1. The fraction of sp³-hybridized carbons (Fsp3) is 0.500. The standard InChI is InChI=1S/C14H18O3/c15-13-10-6-5-9-12(13)14(16)17-11-7-3-1-2-4-8-11/h5-6,9-11,15H,1-4,7-8H2. The molecule has 0 aliphatic heterocycles. The Labute approximate surface area is 101 Å². The fourth-order valence-electron chi connectivity index (χ4n) is 2.22. The number of aromatic hydroxyl groups is 1. The lowest BCUT2D eigenvalue weighted by Gasteiger charge is -2.15. The van der Waals surface area contributed by atoms with Gasteiger partial charge in [0.15, 0.2) is 0 Å². The Bertz CT molecular complexity index is 379. The molecule has 1 aliphatic carbocycles. The van der Waals surface area contributed by atoms with E-state index >= 15 is 0 Å². The zero-order valence-electron chi connectivity index (χ0n) is 9.89. The van der Waals surface area contributed by atoms with E-state index < -0.39 is 5.97 Å². The van der Waals surface area contributed by atoms with E-state index in [9.17, 15) is 9.90 Å². The van der Waals surface area contributed by atoms with Crippen molar-refractivity contribution in [3.8, 4) is 5.75 Å². The van der Waals surface area contributed by atoms with Crippen LogP contribution in [-0.4, -0.2) is 17.2 Å². The number of phenols is 1. The molecule has 1 aromatic carbocycles. The van der Waals surface area contributed by atoms with Crippen molar-refractivity contribution in [1.29, 1.82) is 0 Å². The first kappa shape index (κ1) is 12.0. The average Bonchev–Trinajstić information content (AvgIpc) is 2.58. The van der Waals surface area contributed by atoms with Gasteiger partial charge < -0.3 is 9.84 Å². The van der Waals surface area contributed by atoms with Gasteiger partial charge in [0, 0.05) is 0 Å². The second-order valence-corrected chi connectivity index (χ2v) is 4.54. The van der Waals surface area contributed by atoms with Gasteiger partial charge in [-0.05, 0) is 37.8 Å². The molecule has 1 aliphatic rings. The lowest BCUT2D eigenvalue weighted by molar-refractivity contribution is 0.0264. The Morgan fingerprint density at radius 1 is 1.12 bits per heavy atom. The quantitative estimate of drug-likeness (QED) is 0.631. The van der Waals surface area contributed by atoms with E-state index in [2.05, 4.69) is 0 Å². The molecular weight excluding hydrogens is 216 g/mol. The number of rotatable bonds is 2. The number of hydrogen-bond donors (Lipinski definition) is 1. The molecule has 0 bridgehead atoms. The highest BCUT2D eigenvalue weighted by Crippen LogP contribution is 2.23. The smallest absolute Gasteiger partial charge is 0.342 e. The zero-order valence-corrected chi connectivity index (χ0v) is 9.89. The molecule has 1 N–H and O–H groups in total. The minimum Gasteiger partial charge on any atom is -0.507 e. The molecule has 0 heterocycles. The van der Waals surface area contributed by atoms with Crippen LogP contribution in [0.3, 0.4) is 0 Å². The minimum atomic E-state index is -0.407. The fourth-order valence-corrected chi connectivity index (χ4v) is 2.22. The van der Waals surface area contributed by atoms with Crippen LogP contribution in [0.25, 0.3) is 0 Å². The van der Waals surface area contributed by atoms with Crippen LogP contribution >= 0.6 is 0 Å². The Kier molecular flexibility index (Phi) is 4.02. The van der Waals surface area contributed by atoms with Gasteiger partial charge >= 0.3 is 5.97 Å². The molecule has 3 heteroatoms. The lowest BCUT2D eigenvalue weighted by atomic mass is 10.1. The van der Waals surface area contributed by atoms with Crippen molar-refractivity contribution in [3.63, 3.8) is 0 Å². The first-order valence-electron chi connectivity index (χ1n) is 6.26. The van der Waals surface area contributed by atoms with E-state index in [0.29, 0.717) is 0 Å². The van der Waals surface area contributed by atoms with E-state index in [1.165, 1.54) is 18.9 Å². The minimum absolute atomic E-state index is 0.00822. The normalized spacial score (nSPS) is 17.4. The number of esters is 1. The highest BCUT2D eigenvalue weighted by atomic mass is 16.5. The van der Waals surface area contributed by atoms with Crippen LogP contribution in [-0.2, 0) is 4.74 Å².